The second kappa shape index (κ2) is 8.17. The Morgan fingerprint density at radius 2 is 1.88 bits per heavy atom. The van der Waals surface area contributed by atoms with E-state index in [4.69, 9.17) is 9.47 Å². The first-order chi connectivity index (χ1) is 12.2. The zero-order valence-corrected chi connectivity index (χ0v) is 15.6. The molecule has 0 amide bonds. The predicted octanol–water partition coefficient (Wildman–Crippen LogP) is 6.00. The van der Waals surface area contributed by atoms with Gasteiger partial charge in [0.15, 0.2) is 0 Å². The maximum atomic E-state index is 12.5. The van der Waals surface area contributed by atoms with Gasteiger partial charge in [-0.1, -0.05) is 49.7 Å². The van der Waals surface area contributed by atoms with Crippen LogP contribution in [-0.4, -0.2) is 12.6 Å². The summed E-state index contributed by atoms with van der Waals surface area (Å²) in [6, 6.07) is 18.8. The van der Waals surface area contributed by atoms with Gasteiger partial charge in [-0.25, -0.2) is 4.79 Å². The summed E-state index contributed by atoms with van der Waals surface area (Å²) in [4.78, 5) is 12.5. The number of unbranched alkanes of at least 4 members (excludes halogenated alkanes) is 1. The molecule has 4 heteroatoms. The van der Waals surface area contributed by atoms with Gasteiger partial charge in [0, 0.05) is 0 Å². The number of ether oxygens (including phenoxy) is 2. The quantitative estimate of drug-likeness (QED) is 0.290. The number of benzene rings is 3. The molecule has 3 aromatic rings. The monoisotopic (exact) mass is 398 g/mol. The molecule has 0 aliphatic rings. The van der Waals surface area contributed by atoms with Gasteiger partial charge in [-0.15, -0.1) is 0 Å². The van der Waals surface area contributed by atoms with E-state index >= 15 is 0 Å². The Bertz CT molecular complexity index is 889. The SMILES string of the molecule is CCCCOc1cccc(C(=O)Oc2ccc3ccccc3c2Br)c1. The minimum atomic E-state index is -0.406. The highest BCUT2D eigenvalue weighted by molar-refractivity contribution is 9.10. The van der Waals surface area contributed by atoms with E-state index in [2.05, 4.69) is 22.9 Å². The first kappa shape index (κ1) is 17.5. The molecule has 128 valence electrons. The highest BCUT2D eigenvalue weighted by atomic mass is 79.9. The molecule has 3 nitrogen and oxygen atoms in total. The molecule has 25 heavy (non-hydrogen) atoms. The third-order valence-electron chi connectivity index (χ3n) is 3.87. The van der Waals surface area contributed by atoms with Crippen LogP contribution < -0.4 is 9.47 Å². The molecule has 0 atom stereocenters. The van der Waals surface area contributed by atoms with E-state index in [9.17, 15) is 4.79 Å². The third kappa shape index (κ3) is 4.20. The van der Waals surface area contributed by atoms with E-state index < -0.39 is 5.97 Å². The first-order valence-corrected chi connectivity index (χ1v) is 9.10. The lowest BCUT2D eigenvalue weighted by Crippen LogP contribution is -2.09. The summed E-state index contributed by atoms with van der Waals surface area (Å²) in [5.41, 5.74) is 0.467. The lowest BCUT2D eigenvalue weighted by molar-refractivity contribution is 0.0733. The summed E-state index contributed by atoms with van der Waals surface area (Å²) in [5.74, 6) is 0.776. The molecule has 0 spiro atoms. The van der Waals surface area contributed by atoms with Crippen molar-refractivity contribution < 1.29 is 14.3 Å². The van der Waals surface area contributed by atoms with Crippen molar-refractivity contribution in [2.45, 2.75) is 19.8 Å². The van der Waals surface area contributed by atoms with Gasteiger partial charge in [-0.3, -0.25) is 0 Å². The zero-order chi connectivity index (χ0) is 17.6. The van der Waals surface area contributed by atoms with Crippen LogP contribution in [0.25, 0.3) is 10.8 Å². The van der Waals surface area contributed by atoms with Crippen molar-refractivity contribution in [1.82, 2.24) is 0 Å². The van der Waals surface area contributed by atoms with Crippen molar-refractivity contribution in [3.63, 3.8) is 0 Å². The Labute approximate surface area is 155 Å². The number of halogens is 1. The van der Waals surface area contributed by atoms with Crippen LogP contribution in [0.15, 0.2) is 65.1 Å². The number of carbonyl (C=O) groups is 1. The third-order valence-corrected chi connectivity index (χ3v) is 4.68. The Kier molecular flexibility index (Phi) is 5.71. The number of hydrogen-bond acceptors (Lipinski definition) is 3. The summed E-state index contributed by atoms with van der Waals surface area (Å²) in [7, 11) is 0. The minimum Gasteiger partial charge on any atom is -0.494 e. The van der Waals surface area contributed by atoms with E-state index in [0.29, 0.717) is 23.7 Å². The highest BCUT2D eigenvalue weighted by Gasteiger charge is 2.13. The van der Waals surface area contributed by atoms with Gasteiger partial charge < -0.3 is 9.47 Å². The van der Waals surface area contributed by atoms with Gasteiger partial charge in [0.25, 0.3) is 0 Å². The van der Waals surface area contributed by atoms with Gasteiger partial charge in [0.05, 0.1) is 16.6 Å². The molecule has 0 fully saturated rings. The standard InChI is InChI=1S/C21H19BrO3/c1-2-3-13-24-17-9-6-8-16(14-17)21(23)25-19-12-11-15-7-4-5-10-18(15)20(19)22/h4-12,14H,2-3,13H2,1H3. The molecule has 0 heterocycles. The topological polar surface area (TPSA) is 35.5 Å². The summed E-state index contributed by atoms with van der Waals surface area (Å²) in [5, 5.41) is 2.09. The summed E-state index contributed by atoms with van der Waals surface area (Å²) < 4.78 is 12.0. The lowest BCUT2D eigenvalue weighted by atomic mass is 10.1. The van der Waals surface area contributed by atoms with Gasteiger partial charge in [-0.05, 0) is 57.4 Å². The van der Waals surface area contributed by atoms with Crippen molar-refractivity contribution in [1.29, 1.82) is 0 Å². The number of esters is 1. The number of fused-ring (bicyclic) bond motifs is 1. The van der Waals surface area contributed by atoms with Gasteiger partial charge in [0.2, 0.25) is 0 Å². The van der Waals surface area contributed by atoms with E-state index in [1.165, 1.54) is 0 Å². The predicted molar refractivity (Wildman–Crippen MR) is 103 cm³/mol. The van der Waals surface area contributed by atoms with E-state index in [1.807, 2.05) is 36.4 Å². The second-order valence-corrected chi connectivity index (χ2v) is 6.51. The van der Waals surface area contributed by atoms with Crippen LogP contribution in [0.1, 0.15) is 30.1 Å². The smallest absolute Gasteiger partial charge is 0.343 e. The molecular weight excluding hydrogens is 380 g/mol. The molecule has 0 saturated heterocycles. The number of carbonyl (C=O) groups excluding carboxylic acids is 1. The maximum Gasteiger partial charge on any atom is 0.343 e. The molecule has 0 saturated carbocycles. The molecule has 0 aliphatic carbocycles. The minimum absolute atomic E-state index is 0.406. The van der Waals surface area contributed by atoms with Crippen molar-refractivity contribution in [3.05, 3.63) is 70.7 Å². The Hall–Kier alpha value is -2.33. The van der Waals surface area contributed by atoms with Gasteiger partial charge in [0.1, 0.15) is 11.5 Å². The van der Waals surface area contributed by atoms with Gasteiger partial charge >= 0.3 is 5.97 Å². The summed E-state index contributed by atoms with van der Waals surface area (Å²) in [6.45, 7) is 2.75. The van der Waals surface area contributed by atoms with Gasteiger partial charge in [-0.2, -0.15) is 0 Å². The number of rotatable bonds is 6. The van der Waals surface area contributed by atoms with Crippen LogP contribution in [0, 0.1) is 0 Å². The van der Waals surface area contributed by atoms with Crippen LogP contribution in [0.5, 0.6) is 11.5 Å². The second-order valence-electron chi connectivity index (χ2n) is 5.72. The van der Waals surface area contributed by atoms with E-state index in [0.717, 1.165) is 28.1 Å². The molecule has 0 aromatic heterocycles. The van der Waals surface area contributed by atoms with E-state index in [1.54, 1.807) is 24.3 Å². The maximum absolute atomic E-state index is 12.5. The van der Waals surface area contributed by atoms with Crippen LogP contribution in [-0.2, 0) is 0 Å². The number of hydrogen-bond donors (Lipinski definition) is 0. The zero-order valence-electron chi connectivity index (χ0n) is 14.0. The first-order valence-electron chi connectivity index (χ1n) is 8.31. The summed E-state index contributed by atoms with van der Waals surface area (Å²) >= 11 is 3.54. The van der Waals surface area contributed by atoms with Crippen LogP contribution in [0.2, 0.25) is 0 Å². The highest BCUT2D eigenvalue weighted by Crippen LogP contribution is 2.33. The Morgan fingerprint density at radius 3 is 2.72 bits per heavy atom. The fraction of sp³-hybridized carbons (Fsp3) is 0.190. The normalized spacial score (nSPS) is 10.6. The molecular formula is C21H19BrO3. The lowest BCUT2D eigenvalue weighted by Gasteiger charge is -2.10. The average molecular weight is 399 g/mol. The van der Waals surface area contributed by atoms with Crippen molar-refractivity contribution in [2.75, 3.05) is 6.61 Å². The molecule has 0 N–H and O–H groups in total. The Balaban J connectivity index is 1.78. The molecule has 0 bridgehead atoms. The molecule has 0 aliphatic heterocycles. The van der Waals surface area contributed by atoms with Crippen LogP contribution >= 0.6 is 15.9 Å². The fourth-order valence-electron chi connectivity index (χ4n) is 2.50. The largest absolute Gasteiger partial charge is 0.494 e. The molecule has 3 rings (SSSR count). The van der Waals surface area contributed by atoms with Crippen molar-refractivity contribution in [3.8, 4) is 11.5 Å². The summed E-state index contributed by atoms with van der Waals surface area (Å²) in [6.07, 6.45) is 2.05. The molecule has 3 aromatic carbocycles. The van der Waals surface area contributed by atoms with E-state index in [-0.39, 0.29) is 0 Å². The Morgan fingerprint density at radius 1 is 1.04 bits per heavy atom. The average Bonchev–Trinajstić information content (AvgIpc) is 2.65. The van der Waals surface area contributed by atoms with Crippen LogP contribution in [0.4, 0.5) is 0 Å². The molecule has 0 radical (unpaired) electrons. The molecule has 0 unspecified atom stereocenters. The van der Waals surface area contributed by atoms with Crippen molar-refractivity contribution >= 4 is 32.7 Å². The fourth-order valence-corrected chi connectivity index (χ4v) is 3.07. The van der Waals surface area contributed by atoms with Crippen molar-refractivity contribution in [2.24, 2.45) is 0 Å². The van der Waals surface area contributed by atoms with Crippen LogP contribution in [0.3, 0.4) is 0 Å².